The van der Waals surface area contributed by atoms with Crippen molar-refractivity contribution >= 4 is 39.2 Å². The third kappa shape index (κ3) is 4.07. The third-order valence-corrected chi connectivity index (χ3v) is 6.57. The van der Waals surface area contributed by atoms with E-state index in [-0.39, 0.29) is 27.0 Å². The van der Waals surface area contributed by atoms with Gasteiger partial charge in [0.1, 0.15) is 0 Å². The van der Waals surface area contributed by atoms with Crippen LogP contribution in [0.5, 0.6) is 0 Å². The van der Waals surface area contributed by atoms with E-state index in [0.29, 0.717) is 16.7 Å². The maximum absolute atomic E-state index is 12.9. The highest BCUT2D eigenvalue weighted by molar-refractivity contribution is 8.04. The number of carboxylic acid groups (broad SMARTS) is 1. The fourth-order valence-corrected chi connectivity index (χ4v) is 4.82. The zero-order valence-electron chi connectivity index (χ0n) is 15.2. The third-order valence-electron chi connectivity index (χ3n) is 4.13. The fraction of sp³-hybridized carbons (Fsp3) is 0.150. The van der Waals surface area contributed by atoms with Crippen molar-refractivity contribution in [2.75, 3.05) is 5.75 Å². The van der Waals surface area contributed by atoms with Crippen LogP contribution >= 0.6 is 11.8 Å². The average molecular weight is 415 g/mol. The molecule has 0 spiro atoms. The highest BCUT2D eigenvalue weighted by atomic mass is 32.2. The Morgan fingerprint density at radius 1 is 1.11 bits per heavy atom. The van der Waals surface area contributed by atoms with Gasteiger partial charge in [-0.15, -0.1) is 11.8 Å². The summed E-state index contributed by atoms with van der Waals surface area (Å²) in [5, 5.41) is 8.90. The number of thioether (sulfide) groups is 1. The van der Waals surface area contributed by atoms with Crippen LogP contribution < -0.4 is 0 Å². The van der Waals surface area contributed by atoms with E-state index in [1.807, 2.05) is 6.07 Å². The Kier molecular flexibility index (Phi) is 5.53. The minimum Gasteiger partial charge on any atom is -0.481 e. The van der Waals surface area contributed by atoms with Crippen LogP contribution in [0.4, 0.5) is 0 Å². The lowest BCUT2D eigenvalue weighted by molar-refractivity contribution is -0.133. The number of hydrogen-bond donors (Lipinski definition) is 1. The summed E-state index contributed by atoms with van der Waals surface area (Å²) in [6.45, 7) is 3.48. The van der Waals surface area contributed by atoms with Gasteiger partial charge in [0.2, 0.25) is 0 Å². The summed E-state index contributed by atoms with van der Waals surface area (Å²) < 4.78 is 29.9. The molecule has 2 aromatic carbocycles. The topological polar surface area (TPSA) is 101 Å². The maximum Gasteiger partial charge on any atom is 0.313 e. The van der Waals surface area contributed by atoms with Gasteiger partial charge in [-0.3, -0.25) is 9.59 Å². The second-order valence-corrected chi connectivity index (χ2v) is 8.88. The van der Waals surface area contributed by atoms with Crippen molar-refractivity contribution in [2.24, 2.45) is 4.40 Å². The molecule has 0 aromatic heterocycles. The van der Waals surface area contributed by atoms with Gasteiger partial charge in [0.25, 0.3) is 10.0 Å². The van der Waals surface area contributed by atoms with E-state index in [1.165, 1.54) is 6.08 Å². The summed E-state index contributed by atoms with van der Waals surface area (Å²) >= 11 is 0.845. The predicted molar refractivity (Wildman–Crippen MR) is 109 cm³/mol. The first kappa shape index (κ1) is 20.0. The van der Waals surface area contributed by atoms with Gasteiger partial charge in [-0.25, -0.2) is 0 Å². The molecule has 28 heavy (non-hydrogen) atoms. The highest BCUT2D eigenvalue weighted by Crippen LogP contribution is 2.30. The number of Topliss-reactive ketones (excluding diaryl/α,β-unsaturated/α-hetero) is 1. The molecule has 0 fully saturated rings. The number of nitrogens with zero attached hydrogens (tertiary/aromatic N) is 1. The Bertz CT molecular complexity index is 1150. The number of allylic oxidation sites excluding steroid dienone is 2. The Balaban J connectivity index is 2.15. The summed E-state index contributed by atoms with van der Waals surface area (Å²) in [6.07, 6.45) is 1.35. The summed E-state index contributed by atoms with van der Waals surface area (Å²) in [7, 11) is -4.02. The Hall–Kier alpha value is -2.71. The molecule has 1 aliphatic carbocycles. The minimum atomic E-state index is -4.02. The van der Waals surface area contributed by atoms with Crippen molar-refractivity contribution < 1.29 is 23.1 Å². The number of sulfonamides is 1. The smallest absolute Gasteiger partial charge is 0.313 e. The van der Waals surface area contributed by atoms with Crippen molar-refractivity contribution in [3.63, 3.8) is 0 Å². The van der Waals surface area contributed by atoms with Crippen LogP contribution in [0.1, 0.15) is 27.0 Å². The first-order chi connectivity index (χ1) is 13.2. The molecule has 0 radical (unpaired) electrons. The maximum atomic E-state index is 12.9. The van der Waals surface area contributed by atoms with Crippen LogP contribution in [0.2, 0.25) is 0 Å². The van der Waals surface area contributed by atoms with Crippen LogP contribution in [0.15, 0.2) is 62.7 Å². The molecule has 0 amide bonds. The SMILES string of the molecule is Cc1ccc(C)c(S(=O)(=O)/N=C2/C=C(SCC(=O)O)C(=O)c3ccccc32)c1. The molecular formula is C20H17NO5S2. The molecule has 0 unspecified atom stereocenters. The molecule has 0 saturated carbocycles. The van der Waals surface area contributed by atoms with Gasteiger partial charge in [0.15, 0.2) is 5.78 Å². The molecule has 0 bridgehead atoms. The van der Waals surface area contributed by atoms with E-state index < -0.39 is 16.0 Å². The molecule has 2 aromatic rings. The highest BCUT2D eigenvalue weighted by Gasteiger charge is 2.27. The zero-order chi connectivity index (χ0) is 20.5. The lowest BCUT2D eigenvalue weighted by Gasteiger charge is -2.17. The van der Waals surface area contributed by atoms with E-state index in [0.717, 1.165) is 17.3 Å². The Morgan fingerprint density at radius 2 is 1.79 bits per heavy atom. The van der Waals surface area contributed by atoms with Crippen molar-refractivity contribution in [1.82, 2.24) is 0 Å². The quantitative estimate of drug-likeness (QED) is 0.803. The molecule has 3 rings (SSSR count). The van der Waals surface area contributed by atoms with Crippen LogP contribution in [0.25, 0.3) is 0 Å². The molecule has 144 valence electrons. The molecule has 0 heterocycles. The second kappa shape index (κ2) is 7.73. The Labute approximate surface area is 167 Å². The van der Waals surface area contributed by atoms with Crippen LogP contribution in [-0.2, 0) is 14.8 Å². The van der Waals surface area contributed by atoms with E-state index in [1.54, 1.807) is 50.2 Å². The number of aliphatic carboxylic acids is 1. The lowest BCUT2D eigenvalue weighted by atomic mass is 9.94. The second-order valence-electron chi connectivity index (χ2n) is 6.29. The van der Waals surface area contributed by atoms with Crippen molar-refractivity contribution in [3.05, 3.63) is 75.7 Å². The summed E-state index contributed by atoms with van der Waals surface area (Å²) in [4.78, 5) is 23.7. The van der Waals surface area contributed by atoms with Gasteiger partial charge < -0.3 is 5.11 Å². The standard InChI is InChI=1S/C20H17NO5S2/c1-12-7-8-13(2)18(9-12)28(25,26)21-16-10-17(27-11-19(22)23)20(24)15-6-4-3-5-14(15)16/h3-10H,11H2,1-2H3,(H,22,23)/b21-16-. The van der Waals surface area contributed by atoms with Crippen LogP contribution in [0.3, 0.4) is 0 Å². The molecular weight excluding hydrogens is 398 g/mol. The van der Waals surface area contributed by atoms with Gasteiger partial charge >= 0.3 is 5.97 Å². The molecule has 0 saturated heterocycles. The lowest BCUT2D eigenvalue weighted by Crippen LogP contribution is -2.18. The fourth-order valence-electron chi connectivity index (χ4n) is 2.79. The van der Waals surface area contributed by atoms with Gasteiger partial charge in [-0.05, 0) is 37.1 Å². The number of ketones is 1. The van der Waals surface area contributed by atoms with Gasteiger partial charge in [0.05, 0.1) is 21.3 Å². The molecule has 6 nitrogen and oxygen atoms in total. The predicted octanol–water partition coefficient (Wildman–Crippen LogP) is 3.38. The average Bonchev–Trinajstić information content (AvgIpc) is 2.64. The molecule has 8 heteroatoms. The number of carboxylic acids is 1. The first-order valence-corrected chi connectivity index (χ1v) is 10.7. The summed E-state index contributed by atoms with van der Waals surface area (Å²) in [5.41, 5.74) is 2.18. The van der Waals surface area contributed by atoms with E-state index in [4.69, 9.17) is 5.11 Å². The number of rotatable bonds is 5. The van der Waals surface area contributed by atoms with E-state index in [9.17, 15) is 18.0 Å². The summed E-state index contributed by atoms with van der Waals surface area (Å²) in [5.74, 6) is -1.72. The molecule has 0 aliphatic heterocycles. The summed E-state index contributed by atoms with van der Waals surface area (Å²) in [6, 6.07) is 11.6. The van der Waals surface area contributed by atoms with Crippen molar-refractivity contribution in [2.45, 2.75) is 18.7 Å². The number of hydrogen-bond acceptors (Lipinski definition) is 5. The van der Waals surface area contributed by atoms with Crippen molar-refractivity contribution in [1.29, 1.82) is 0 Å². The first-order valence-electron chi connectivity index (χ1n) is 8.31. The number of fused-ring (bicyclic) bond motifs is 1. The van der Waals surface area contributed by atoms with Gasteiger partial charge in [-0.1, -0.05) is 36.4 Å². The van der Waals surface area contributed by atoms with Crippen LogP contribution in [-0.4, -0.2) is 36.7 Å². The zero-order valence-corrected chi connectivity index (χ0v) is 16.8. The largest absolute Gasteiger partial charge is 0.481 e. The number of carbonyl (C=O) groups excluding carboxylic acids is 1. The normalized spacial score (nSPS) is 15.3. The molecule has 1 N–H and O–H groups in total. The van der Waals surface area contributed by atoms with E-state index in [2.05, 4.69) is 4.40 Å². The number of aryl methyl sites for hydroxylation is 2. The molecule has 1 aliphatic rings. The minimum absolute atomic E-state index is 0.0996. The number of benzene rings is 2. The van der Waals surface area contributed by atoms with Gasteiger partial charge in [-0.2, -0.15) is 12.8 Å². The van der Waals surface area contributed by atoms with Gasteiger partial charge in [0, 0.05) is 11.1 Å². The van der Waals surface area contributed by atoms with E-state index >= 15 is 0 Å². The number of carbonyl (C=O) groups is 2. The van der Waals surface area contributed by atoms with Crippen LogP contribution in [0, 0.1) is 13.8 Å². The Morgan fingerprint density at radius 3 is 2.46 bits per heavy atom. The molecule has 0 atom stereocenters. The van der Waals surface area contributed by atoms with Crippen molar-refractivity contribution in [3.8, 4) is 0 Å². The monoisotopic (exact) mass is 415 g/mol.